The van der Waals surface area contributed by atoms with Crippen LogP contribution in [0.2, 0.25) is 0 Å². The van der Waals surface area contributed by atoms with Crippen molar-refractivity contribution in [2.75, 3.05) is 13.1 Å². The fourth-order valence-electron chi connectivity index (χ4n) is 2.01. The van der Waals surface area contributed by atoms with E-state index in [1.165, 1.54) is 12.1 Å². The molecule has 1 atom stereocenters. The third kappa shape index (κ3) is 4.71. The number of rotatable bonds is 6. The minimum absolute atomic E-state index is 0.0438. The minimum atomic E-state index is -3.83. The lowest BCUT2D eigenvalue weighted by Crippen LogP contribution is -2.35. The smallest absolute Gasteiger partial charge is 0.261 e. The molecule has 0 aliphatic carbocycles. The Hall–Kier alpha value is -1.07. The van der Waals surface area contributed by atoms with Crippen LogP contribution >= 0.6 is 10.7 Å². The summed E-state index contributed by atoms with van der Waals surface area (Å²) in [4.78, 5) is 14.3. The van der Waals surface area contributed by atoms with E-state index in [9.17, 15) is 13.2 Å². The van der Waals surface area contributed by atoms with Crippen molar-refractivity contribution < 1.29 is 13.2 Å². The zero-order valence-corrected chi connectivity index (χ0v) is 14.5. The van der Waals surface area contributed by atoms with E-state index < -0.39 is 9.05 Å². The second-order valence-electron chi connectivity index (χ2n) is 5.27. The highest BCUT2D eigenvalue weighted by Gasteiger charge is 2.20. The summed E-state index contributed by atoms with van der Waals surface area (Å²) >= 11 is 0. The maximum absolute atomic E-state index is 12.6. The number of nitrogens with zero attached hydrogens (tertiary/aromatic N) is 1. The molecule has 0 saturated carbocycles. The molecule has 0 bridgehead atoms. The van der Waals surface area contributed by atoms with Crippen LogP contribution in [0.4, 0.5) is 0 Å². The molecule has 4 nitrogen and oxygen atoms in total. The average molecular weight is 332 g/mol. The second kappa shape index (κ2) is 7.27. The molecule has 0 aromatic heterocycles. The maximum atomic E-state index is 12.6. The van der Waals surface area contributed by atoms with Gasteiger partial charge in [0.05, 0.1) is 4.90 Å². The van der Waals surface area contributed by atoms with E-state index in [0.717, 1.165) is 12.0 Å². The number of carbonyl (C=O) groups is 1. The molecular formula is C15H22ClNO3S. The summed E-state index contributed by atoms with van der Waals surface area (Å²) in [7, 11) is 1.52. The highest BCUT2D eigenvalue weighted by atomic mass is 35.7. The van der Waals surface area contributed by atoms with Crippen molar-refractivity contribution in [1.29, 1.82) is 0 Å². The molecule has 118 valence electrons. The van der Waals surface area contributed by atoms with Gasteiger partial charge in [0.2, 0.25) is 0 Å². The minimum Gasteiger partial charge on any atom is -0.339 e. The molecule has 0 saturated heterocycles. The van der Waals surface area contributed by atoms with Crippen molar-refractivity contribution >= 4 is 25.6 Å². The highest BCUT2D eigenvalue weighted by molar-refractivity contribution is 8.13. The molecule has 1 aromatic carbocycles. The largest absolute Gasteiger partial charge is 0.339 e. The van der Waals surface area contributed by atoms with Crippen LogP contribution in [0.1, 0.15) is 43.1 Å². The predicted molar refractivity (Wildman–Crippen MR) is 85.3 cm³/mol. The quantitative estimate of drug-likeness (QED) is 0.750. The zero-order chi connectivity index (χ0) is 16.2. The van der Waals surface area contributed by atoms with Crippen molar-refractivity contribution in [2.24, 2.45) is 5.92 Å². The van der Waals surface area contributed by atoms with E-state index >= 15 is 0 Å². The first-order chi connectivity index (χ1) is 9.70. The summed E-state index contributed by atoms with van der Waals surface area (Å²) in [6.45, 7) is 9.10. The van der Waals surface area contributed by atoms with Crippen LogP contribution in [-0.2, 0) is 9.05 Å². The number of hydrogen-bond donors (Lipinski definition) is 0. The molecule has 1 amide bonds. The van der Waals surface area contributed by atoms with Crippen molar-refractivity contribution in [1.82, 2.24) is 4.90 Å². The third-order valence-electron chi connectivity index (χ3n) is 3.62. The molecule has 1 unspecified atom stereocenters. The Labute approximate surface area is 131 Å². The van der Waals surface area contributed by atoms with Gasteiger partial charge in [0, 0.05) is 29.3 Å². The van der Waals surface area contributed by atoms with E-state index in [1.807, 2.05) is 6.92 Å². The van der Waals surface area contributed by atoms with Gasteiger partial charge in [-0.3, -0.25) is 4.79 Å². The molecule has 0 heterocycles. The number of halogens is 1. The normalized spacial score (nSPS) is 13.0. The monoisotopic (exact) mass is 331 g/mol. The summed E-state index contributed by atoms with van der Waals surface area (Å²) in [6, 6.07) is 4.39. The standard InChI is InChI=1S/C15H22ClNO3S/c1-5-11(3)10-17(6-2)15(18)14-9-13(21(16,19)20)8-7-12(14)4/h7-9,11H,5-6,10H2,1-4H3. The Balaban J connectivity index is 3.16. The first-order valence-corrected chi connectivity index (χ1v) is 9.36. The number of aryl methyl sites for hydroxylation is 1. The van der Waals surface area contributed by atoms with Crippen LogP contribution in [0.3, 0.4) is 0 Å². The molecule has 1 aromatic rings. The average Bonchev–Trinajstić information content (AvgIpc) is 2.42. The summed E-state index contributed by atoms with van der Waals surface area (Å²) in [5, 5.41) is 0. The maximum Gasteiger partial charge on any atom is 0.261 e. The van der Waals surface area contributed by atoms with Crippen molar-refractivity contribution in [3.63, 3.8) is 0 Å². The van der Waals surface area contributed by atoms with E-state index in [1.54, 1.807) is 17.9 Å². The number of amides is 1. The summed E-state index contributed by atoms with van der Waals surface area (Å²) in [6.07, 6.45) is 0.985. The molecule has 0 spiro atoms. The van der Waals surface area contributed by atoms with Crippen molar-refractivity contribution in [3.05, 3.63) is 29.3 Å². The van der Waals surface area contributed by atoms with Crippen LogP contribution in [0.25, 0.3) is 0 Å². The number of benzene rings is 1. The van der Waals surface area contributed by atoms with E-state index in [-0.39, 0.29) is 10.8 Å². The summed E-state index contributed by atoms with van der Waals surface area (Å²) < 4.78 is 22.8. The first-order valence-electron chi connectivity index (χ1n) is 7.05. The highest BCUT2D eigenvalue weighted by Crippen LogP contribution is 2.21. The van der Waals surface area contributed by atoms with Crippen LogP contribution in [0.5, 0.6) is 0 Å². The molecule has 1 rings (SSSR count). The Bertz CT molecular complexity index is 613. The molecule has 0 radical (unpaired) electrons. The van der Waals surface area contributed by atoms with Gasteiger partial charge in [0.1, 0.15) is 0 Å². The molecule has 6 heteroatoms. The molecular weight excluding hydrogens is 310 g/mol. The molecule has 0 N–H and O–H groups in total. The van der Waals surface area contributed by atoms with Gasteiger partial charge in [-0.25, -0.2) is 8.42 Å². The van der Waals surface area contributed by atoms with Crippen LogP contribution in [0, 0.1) is 12.8 Å². The van der Waals surface area contributed by atoms with Gasteiger partial charge in [0.15, 0.2) is 0 Å². The van der Waals surface area contributed by atoms with Crippen molar-refractivity contribution in [2.45, 2.75) is 39.0 Å². The predicted octanol–water partition coefficient (Wildman–Crippen LogP) is 3.43. The molecule has 0 fully saturated rings. The van der Waals surface area contributed by atoms with Gasteiger partial charge >= 0.3 is 0 Å². The lowest BCUT2D eigenvalue weighted by atomic mass is 10.1. The Kier molecular flexibility index (Phi) is 6.23. The van der Waals surface area contributed by atoms with Gasteiger partial charge in [0.25, 0.3) is 15.0 Å². The molecule has 21 heavy (non-hydrogen) atoms. The van der Waals surface area contributed by atoms with Gasteiger partial charge in [-0.15, -0.1) is 0 Å². The van der Waals surface area contributed by atoms with Gasteiger partial charge in [-0.05, 0) is 37.5 Å². The van der Waals surface area contributed by atoms with E-state index in [0.29, 0.717) is 24.6 Å². The van der Waals surface area contributed by atoms with Gasteiger partial charge in [-0.2, -0.15) is 0 Å². The third-order valence-corrected chi connectivity index (χ3v) is 4.97. The van der Waals surface area contributed by atoms with Crippen LogP contribution < -0.4 is 0 Å². The van der Waals surface area contributed by atoms with Crippen molar-refractivity contribution in [3.8, 4) is 0 Å². The Morgan fingerprint density at radius 3 is 2.43 bits per heavy atom. The Morgan fingerprint density at radius 1 is 1.33 bits per heavy atom. The van der Waals surface area contributed by atoms with Gasteiger partial charge < -0.3 is 4.90 Å². The number of carbonyl (C=O) groups excluding carboxylic acids is 1. The van der Waals surface area contributed by atoms with E-state index in [4.69, 9.17) is 10.7 Å². The topological polar surface area (TPSA) is 54.5 Å². The van der Waals surface area contributed by atoms with Crippen LogP contribution in [0.15, 0.2) is 23.1 Å². The Morgan fingerprint density at radius 2 is 1.95 bits per heavy atom. The molecule has 0 aliphatic heterocycles. The fraction of sp³-hybridized carbons (Fsp3) is 0.533. The molecule has 0 aliphatic rings. The first kappa shape index (κ1) is 18.0. The summed E-state index contributed by atoms with van der Waals surface area (Å²) in [5.74, 6) is 0.242. The zero-order valence-electron chi connectivity index (χ0n) is 12.9. The lowest BCUT2D eigenvalue weighted by molar-refractivity contribution is 0.0740. The SMILES string of the molecule is CCC(C)CN(CC)C(=O)c1cc(S(=O)(=O)Cl)ccc1C. The summed E-state index contributed by atoms with van der Waals surface area (Å²) in [5.41, 5.74) is 1.13. The fourth-order valence-corrected chi connectivity index (χ4v) is 2.79. The second-order valence-corrected chi connectivity index (χ2v) is 7.84. The van der Waals surface area contributed by atoms with E-state index in [2.05, 4.69) is 13.8 Å². The van der Waals surface area contributed by atoms with Gasteiger partial charge in [-0.1, -0.05) is 26.3 Å². The lowest BCUT2D eigenvalue weighted by Gasteiger charge is -2.25. The number of hydrogen-bond acceptors (Lipinski definition) is 3. The van der Waals surface area contributed by atoms with Crippen LogP contribution in [-0.4, -0.2) is 32.3 Å².